The zero-order valence-corrected chi connectivity index (χ0v) is 24.2. The molecule has 2 aliphatic rings. The summed E-state index contributed by atoms with van der Waals surface area (Å²) in [6.45, 7) is 6.30. The maximum atomic E-state index is 14.2. The lowest BCUT2D eigenvalue weighted by atomic mass is 9.70. The first-order chi connectivity index (χ1) is 18.1. The van der Waals surface area contributed by atoms with E-state index in [1.54, 1.807) is 0 Å². The molecule has 5 rings (SSSR count). The second-order valence-electron chi connectivity index (χ2n) is 11.4. The Morgan fingerprint density at radius 1 is 0.842 bits per heavy atom. The summed E-state index contributed by atoms with van der Waals surface area (Å²) < 4.78 is 34.9. The van der Waals surface area contributed by atoms with Gasteiger partial charge in [-0.05, 0) is 89.3 Å². The molecule has 0 radical (unpaired) electrons. The summed E-state index contributed by atoms with van der Waals surface area (Å²) in [5, 5.41) is 0. The fourth-order valence-corrected chi connectivity index (χ4v) is 12.6. The second-order valence-corrected chi connectivity index (χ2v) is 15.8. The molecule has 3 aromatic carbocycles. The number of carbonyl (C=O) groups excluding carboxylic acids is 1. The molecule has 3 aromatic rings. The Bertz CT molecular complexity index is 1340. The van der Waals surface area contributed by atoms with Crippen molar-refractivity contribution in [2.24, 2.45) is 16.7 Å². The summed E-state index contributed by atoms with van der Waals surface area (Å²) in [7, 11) is -6.77. The van der Waals surface area contributed by atoms with E-state index in [9.17, 15) is 13.2 Å². The number of unbranched alkanes of at least 4 members (excludes halogenated alkanes) is 1. The van der Waals surface area contributed by atoms with E-state index >= 15 is 0 Å². The number of benzene rings is 3. The Kier molecular flexibility index (Phi) is 7.36. The van der Waals surface area contributed by atoms with Gasteiger partial charge in [0.2, 0.25) is 0 Å². The summed E-state index contributed by atoms with van der Waals surface area (Å²) >= 11 is 0. The molecule has 2 atom stereocenters. The van der Waals surface area contributed by atoms with E-state index in [2.05, 4.69) is 32.9 Å². The number of aryl methyl sites for hydroxylation is 1. The Morgan fingerprint density at radius 2 is 1.39 bits per heavy atom. The van der Waals surface area contributed by atoms with Crippen LogP contribution in [0.1, 0.15) is 58.4 Å². The summed E-state index contributed by atoms with van der Waals surface area (Å²) in [5.41, 5.74) is -0.0279. The highest BCUT2D eigenvalue weighted by atomic mass is 32.3. The molecule has 0 spiro atoms. The third-order valence-corrected chi connectivity index (χ3v) is 14.3. The molecule has 4 nitrogen and oxygen atoms in total. The van der Waals surface area contributed by atoms with Crippen LogP contribution in [0.5, 0.6) is 0 Å². The summed E-state index contributed by atoms with van der Waals surface area (Å²) in [6.07, 6.45) is 5.17. The van der Waals surface area contributed by atoms with Gasteiger partial charge < -0.3 is 0 Å². The van der Waals surface area contributed by atoms with Crippen LogP contribution in [0.4, 0.5) is 0 Å². The van der Waals surface area contributed by atoms with Gasteiger partial charge in [0.05, 0.1) is 11.2 Å². The second kappa shape index (κ2) is 10.3. The number of Topliss-reactive ketones (excluding diaryl/α,β-unsaturated/α-hetero) is 1. The minimum absolute atomic E-state index is 0.0752. The molecule has 202 valence electrons. The van der Waals surface area contributed by atoms with Crippen LogP contribution < -0.4 is 0 Å². The number of carbonyl (C=O) groups is 1. The molecule has 0 aromatic heterocycles. The molecular weight excluding hydrogens is 512 g/mol. The van der Waals surface area contributed by atoms with Crippen LogP contribution in [0.25, 0.3) is 0 Å². The highest BCUT2D eigenvalue weighted by molar-refractivity contribution is 8.33. The molecule has 38 heavy (non-hydrogen) atoms. The molecule has 6 heteroatoms. The van der Waals surface area contributed by atoms with Crippen molar-refractivity contribution in [3.63, 3.8) is 0 Å². The number of ketones is 1. The van der Waals surface area contributed by atoms with Crippen LogP contribution in [-0.4, -0.2) is 20.0 Å². The smallest absolute Gasteiger partial charge is 0.278 e. The Labute approximate surface area is 229 Å². The van der Waals surface area contributed by atoms with Gasteiger partial charge in [-0.25, -0.2) is 3.63 Å². The molecule has 2 aliphatic carbocycles. The third kappa shape index (κ3) is 4.55. The zero-order chi connectivity index (χ0) is 27.0. The van der Waals surface area contributed by atoms with E-state index in [0.717, 1.165) is 40.4 Å². The van der Waals surface area contributed by atoms with Crippen LogP contribution >= 0.6 is 10.3 Å². The first-order valence-corrected chi connectivity index (χ1v) is 16.8. The Morgan fingerprint density at radius 3 is 1.87 bits per heavy atom. The van der Waals surface area contributed by atoms with Crippen LogP contribution in [0, 0.1) is 16.7 Å². The summed E-state index contributed by atoms with van der Waals surface area (Å²) in [5.74, 6) is 0.0400. The lowest BCUT2D eigenvalue weighted by molar-refractivity contribution is -0.128. The average molecular weight is 551 g/mol. The fraction of sp³-hybridized carbons (Fsp3) is 0.406. The maximum absolute atomic E-state index is 14.2. The number of hydrogen-bond acceptors (Lipinski definition) is 4. The average Bonchev–Trinajstić information content (AvgIpc) is 3.26. The number of rotatable bonds is 10. The molecule has 2 bridgehead atoms. The van der Waals surface area contributed by atoms with Gasteiger partial charge in [0, 0.05) is 21.1 Å². The monoisotopic (exact) mass is 550 g/mol. The number of hydrogen-bond donors (Lipinski definition) is 0. The van der Waals surface area contributed by atoms with Crippen molar-refractivity contribution in [1.29, 1.82) is 0 Å². The quantitative estimate of drug-likeness (QED) is 0.257. The largest absolute Gasteiger partial charge is 0.299 e. The van der Waals surface area contributed by atoms with Crippen molar-refractivity contribution in [3.05, 3.63) is 90.5 Å². The SMILES string of the molecule is CCCCc1ccc(S(OS(=O)(=O)CC23CCC(CC2=O)C3(C)C)(c2ccccc2)c2ccccc2)cc1. The highest BCUT2D eigenvalue weighted by Gasteiger charge is 2.65. The van der Waals surface area contributed by atoms with Crippen LogP contribution in [0.2, 0.25) is 0 Å². The van der Waals surface area contributed by atoms with Gasteiger partial charge in [0.15, 0.2) is 0 Å². The van der Waals surface area contributed by atoms with Crippen molar-refractivity contribution >= 4 is 26.2 Å². The minimum Gasteiger partial charge on any atom is -0.299 e. The van der Waals surface area contributed by atoms with E-state index in [-0.39, 0.29) is 22.9 Å². The summed E-state index contributed by atoms with van der Waals surface area (Å²) in [4.78, 5) is 15.7. The molecule has 0 saturated heterocycles. The van der Waals surface area contributed by atoms with Gasteiger partial charge in [-0.1, -0.05) is 75.7 Å². The predicted molar refractivity (Wildman–Crippen MR) is 154 cm³/mol. The first-order valence-electron chi connectivity index (χ1n) is 13.6. The third-order valence-electron chi connectivity index (χ3n) is 8.99. The molecule has 2 fully saturated rings. The maximum Gasteiger partial charge on any atom is 0.278 e. The van der Waals surface area contributed by atoms with Crippen LogP contribution in [-0.2, 0) is 25.0 Å². The topological polar surface area (TPSA) is 60.4 Å². The fourth-order valence-electron chi connectivity index (χ4n) is 6.57. The van der Waals surface area contributed by atoms with Crippen molar-refractivity contribution in [2.75, 3.05) is 5.75 Å². The molecule has 0 N–H and O–H groups in total. The van der Waals surface area contributed by atoms with E-state index < -0.39 is 25.8 Å². The van der Waals surface area contributed by atoms with Crippen LogP contribution in [0.15, 0.2) is 99.6 Å². The number of fused-ring (bicyclic) bond motifs is 2. The van der Waals surface area contributed by atoms with E-state index in [1.165, 1.54) is 5.56 Å². The van der Waals surface area contributed by atoms with Gasteiger partial charge in [0.1, 0.15) is 5.78 Å². The molecule has 2 unspecified atom stereocenters. The lowest BCUT2D eigenvalue weighted by Gasteiger charge is -2.41. The van der Waals surface area contributed by atoms with Gasteiger partial charge in [0.25, 0.3) is 10.1 Å². The van der Waals surface area contributed by atoms with Crippen molar-refractivity contribution in [2.45, 2.75) is 74.0 Å². The van der Waals surface area contributed by atoms with Gasteiger partial charge in [-0.15, -0.1) is 0 Å². The standard InChI is InChI=1S/C32H38O4S2/c1-4-5-12-25-17-19-29(20-18-25)38(27-13-8-6-9-14-27,28-15-10-7-11-16-28)36-37(34,35)24-32-22-21-26(23-30(32)33)31(32,2)3/h6-11,13-20,26H,4-5,12,21-24H2,1-3H3. The van der Waals surface area contributed by atoms with Crippen molar-refractivity contribution in [3.8, 4) is 0 Å². The lowest BCUT2D eigenvalue weighted by Crippen LogP contribution is -2.42. The van der Waals surface area contributed by atoms with Gasteiger partial charge in [-0.2, -0.15) is 8.42 Å². The van der Waals surface area contributed by atoms with Crippen molar-refractivity contribution < 1.29 is 16.8 Å². The highest BCUT2D eigenvalue weighted by Crippen LogP contribution is 2.71. The first kappa shape index (κ1) is 27.2. The minimum atomic E-state index is -4.12. The van der Waals surface area contributed by atoms with E-state index in [0.29, 0.717) is 12.8 Å². The Hall–Kier alpha value is -2.41. The molecule has 0 aliphatic heterocycles. The van der Waals surface area contributed by atoms with E-state index in [1.807, 2.05) is 72.8 Å². The molecule has 0 heterocycles. The van der Waals surface area contributed by atoms with Gasteiger partial charge in [-0.3, -0.25) is 4.79 Å². The molecule has 2 saturated carbocycles. The zero-order valence-electron chi connectivity index (χ0n) is 22.6. The van der Waals surface area contributed by atoms with E-state index in [4.69, 9.17) is 3.63 Å². The molecule has 0 amide bonds. The Balaban J connectivity index is 1.64. The normalized spacial score (nSPS) is 23.0. The van der Waals surface area contributed by atoms with Gasteiger partial charge >= 0.3 is 0 Å². The molecular formula is C32H38O4S2. The van der Waals surface area contributed by atoms with Crippen molar-refractivity contribution in [1.82, 2.24) is 0 Å². The predicted octanol–water partition coefficient (Wildman–Crippen LogP) is 7.97. The summed E-state index contributed by atoms with van der Waals surface area (Å²) in [6, 6.07) is 27.6. The van der Waals surface area contributed by atoms with Crippen LogP contribution in [0.3, 0.4) is 0 Å².